The van der Waals surface area contributed by atoms with Crippen LogP contribution in [0.25, 0.3) is 11.1 Å². The number of benzene rings is 3. The van der Waals surface area contributed by atoms with E-state index in [0.717, 1.165) is 5.56 Å². The van der Waals surface area contributed by atoms with Gasteiger partial charge in [0.1, 0.15) is 6.61 Å². The molecule has 0 saturated heterocycles. The average molecular weight is 418 g/mol. The first kappa shape index (κ1) is 21.1. The molecule has 0 heterocycles. The maximum atomic E-state index is 12.3. The number of alkyl carbamates (subject to hydrolysis) is 1. The zero-order chi connectivity index (χ0) is 21.5. The maximum absolute atomic E-state index is 12.3. The molecule has 0 radical (unpaired) electrons. The molecule has 1 atom stereocenters. The number of aliphatic hydroxyl groups excluding tert-OH is 1. The second kappa shape index (κ2) is 10.2. The largest absolute Gasteiger partial charge is 0.449 e. The van der Waals surface area contributed by atoms with Gasteiger partial charge in [0.2, 0.25) is 0 Å². The molecule has 0 aromatic heterocycles. The van der Waals surface area contributed by atoms with E-state index in [1.165, 1.54) is 22.3 Å². The van der Waals surface area contributed by atoms with Gasteiger partial charge in [0.05, 0.1) is 13.2 Å². The summed E-state index contributed by atoms with van der Waals surface area (Å²) in [5.74, 6) is -0.162. The Bertz CT molecular complexity index is 960. The number of aliphatic hydroxyl groups is 1. The quantitative estimate of drug-likeness (QED) is 0.543. The van der Waals surface area contributed by atoms with E-state index >= 15 is 0 Å². The summed E-state index contributed by atoms with van der Waals surface area (Å²) in [6.45, 7) is 1.33. The van der Waals surface area contributed by atoms with Crippen molar-refractivity contribution in [3.05, 3.63) is 95.6 Å². The Balaban J connectivity index is 1.25. The lowest BCUT2D eigenvalue weighted by atomic mass is 9.98. The standard InChI is InChI=1S/C26H27NO4/c28-15-20(17-30-16-19-8-2-1-3-9-19)14-27-26(29)31-18-25-23-12-6-4-10-21(23)22-11-5-7-13-24(22)25/h1-13,20,25,28H,14-18H2,(H,27,29). The summed E-state index contributed by atoms with van der Waals surface area (Å²) in [7, 11) is 0. The van der Waals surface area contributed by atoms with Crippen molar-refractivity contribution in [1.29, 1.82) is 0 Å². The molecule has 0 spiro atoms. The van der Waals surface area contributed by atoms with Gasteiger partial charge in [-0.1, -0.05) is 78.9 Å². The minimum Gasteiger partial charge on any atom is -0.449 e. The second-order valence-corrected chi connectivity index (χ2v) is 7.76. The molecule has 1 aliphatic carbocycles. The number of ether oxygens (including phenoxy) is 2. The molecule has 31 heavy (non-hydrogen) atoms. The van der Waals surface area contributed by atoms with Crippen molar-refractivity contribution in [2.24, 2.45) is 5.92 Å². The highest BCUT2D eigenvalue weighted by Crippen LogP contribution is 2.44. The van der Waals surface area contributed by atoms with Gasteiger partial charge in [0, 0.05) is 25.0 Å². The molecule has 3 aromatic rings. The zero-order valence-electron chi connectivity index (χ0n) is 17.4. The number of carbonyl (C=O) groups excluding carboxylic acids is 1. The Hall–Kier alpha value is -3.15. The van der Waals surface area contributed by atoms with Crippen LogP contribution in [-0.2, 0) is 16.1 Å². The molecule has 3 aromatic carbocycles. The molecule has 5 heteroatoms. The summed E-state index contributed by atoms with van der Waals surface area (Å²) in [5, 5.41) is 12.3. The van der Waals surface area contributed by atoms with Crippen LogP contribution in [0.4, 0.5) is 4.79 Å². The Labute approximate surface area is 182 Å². The van der Waals surface area contributed by atoms with Crippen LogP contribution in [0.1, 0.15) is 22.6 Å². The average Bonchev–Trinajstić information content (AvgIpc) is 3.14. The third-order valence-corrected chi connectivity index (χ3v) is 5.60. The molecule has 1 unspecified atom stereocenters. The highest BCUT2D eigenvalue weighted by molar-refractivity contribution is 5.79. The number of hydrogen-bond acceptors (Lipinski definition) is 4. The lowest BCUT2D eigenvalue weighted by Crippen LogP contribution is -2.34. The lowest BCUT2D eigenvalue weighted by molar-refractivity contribution is 0.0615. The summed E-state index contributed by atoms with van der Waals surface area (Å²) in [6.07, 6.45) is -0.483. The van der Waals surface area contributed by atoms with Crippen LogP contribution in [0.5, 0.6) is 0 Å². The predicted octanol–water partition coefficient (Wildman–Crippen LogP) is 4.35. The van der Waals surface area contributed by atoms with Crippen LogP contribution < -0.4 is 5.32 Å². The molecule has 4 rings (SSSR count). The number of fused-ring (bicyclic) bond motifs is 3. The number of carbonyl (C=O) groups is 1. The summed E-state index contributed by atoms with van der Waals surface area (Å²) in [4.78, 5) is 12.3. The summed E-state index contributed by atoms with van der Waals surface area (Å²) in [5.41, 5.74) is 5.83. The third kappa shape index (κ3) is 5.13. The zero-order valence-corrected chi connectivity index (χ0v) is 17.4. The first-order valence-electron chi connectivity index (χ1n) is 10.6. The molecule has 160 valence electrons. The molecule has 0 saturated carbocycles. The first-order valence-corrected chi connectivity index (χ1v) is 10.6. The molecule has 0 aliphatic heterocycles. The first-order chi connectivity index (χ1) is 15.3. The number of hydrogen-bond donors (Lipinski definition) is 2. The highest BCUT2D eigenvalue weighted by atomic mass is 16.5. The van der Waals surface area contributed by atoms with Crippen molar-refractivity contribution < 1.29 is 19.4 Å². The minimum absolute atomic E-state index is 0.0287. The van der Waals surface area contributed by atoms with Crippen molar-refractivity contribution in [2.45, 2.75) is 12.5 Å². The molecule has 1 amide bonds. The Morgan fingerprint density at radius 2 is 1.52 bits per heavy atom. The Kier molecular flexibility index (Phi) is 6.97. The van der Waals surface area contributed by atoms with E-state index < -0.39 is 6.09 Å². The SMILES string of the molecule is O=C(NCC(CO)COCc1ccccc1)OCC1c2ccccc2-c2ccccc21. The van der Waals surface area contributed by atoms with E-state index in [-0.39, 0.29) is 25.0 Å². The molecule has 1 aliphatic rings. The normalized spacial score (nSPS) is 13.3. The van der Waals surface area contributed by atoms with E-state index in [4.69, 9.17) is 9.47 Å². The summed E-state index contributed by atoms with van der Waals surface area (Å²) >= 11 is 0. The second-order valence-electron chi connectivity index (χ2n) is 7.76. The van der Waals surface area contributed by atoms with E-state index in [1.807, 2.05) is 54.6 Å². The van der Waals surface area contributed by atoms with Gasteiger partial charge in [-0.15, -0.1) is 0 Å². The monoisotopic (exact) mass is 417 g/mol. The van der Waals surface area contributed by atoms with E-state index in [0.29, 0.717) is 19.8 Å². The molecular weight excluding hydrogens is 390 g/mol. The fourth-order valence-corrected chi connectivity index (χ4v) is 3.97. The van der Waals surface area contributed by atoms with Crippen LogP contribution in [0.3, 0.4) is 0 Å². The smallest absolute Gasteiger partial charge is 0.407 e. The van der Waals surface area contributed by atoms with Gasteiger partial charge < -0.3 is 19.9 Å². The van der Waals surface area contributed by atoms with Gasteiger partial charge in [0.15, 0.2) is 0 Å². The van der Waals surface area contributed by atoms with Gasteiger partial charge >= 0.3 is 6.09 Å². The molecular formula is C26H27NO4. The predicted molar refractivity (Wildman–Crippen MR) is 120 cm³/mol. The van der Waals surface area contributed by atoms with Crippen molar-refractivity contribution >= 4 is 6.09 Å². The minimum atomic E-state index is -0.483. The maximum Gasteiger partial charge on any atom is 0.407 e. The fourth-order valence-electron chi connectivity index (χ4n) is 3.97. The van der Waals surface area contributed by atoms with E-state index in [2.05, 4.69) is 29.6 Å². The topological polar surface area (TPSA) is 67.8 Å². The number of nitrogens with one attached hydrogen (secondary N) is 1. The third-order valence-electron chi connectivity index (χ3n) is 5.60. The Morgan fingerprint density at radius 1 is 0.903 bits per heavy atom. The molecule has 0 bridgehead atoms. The highest BCUT2D eigenvalue weighted by Gasteiger charge is 2.29. The van der Waals surface area contributed by atoms with Crippen molar-refractivity contribution in [3.63, 3.8) is 0 Å². The van der Waals surface area contributed by atoms with E-state index in [9.17, 15) is 9.90 Å². The van der Waals surface area contributed by atoms with Crippen LogP contribution in [0.15, 0.2) is 78.9 Å². The van der Waals surface area contributed by atoms with Crippen molar-refractivity contribution in [2.75, 3.05) is 26.4 Å². The lowest BCUT2D eigenvalue weighted by Gasteiger charge is -2.17. The number of amides is 1. The van der Waals surface area contributed by atoms with Gasteiger partial charge in [-0.25, -0.2) is 4.79 Å². The van der Waals surface area contributed by atoms with E-state index in [1.54, 1.807) is 0 Å². The van der Waals surface area contributed by atoms with Crippen LogP contribution in [0.2, 0.25) is 0 Å². The summed E-state index contributed by atoms with van der Waals surface area (Å²) in [6, 6.07) is 26.3. The Morgan fingerprint density at radius 3 is 2.16 bits per heavy atom. The fraction of sp³-hybridized carbons (Fsp3) is 0.269. The van der Waals surface area contributed by atoms with Crippen LogP contribution >= 0.6 is 0 Å². The van der Waals surface area contributed by atoms with Crippen LogP contribution in [-0.4, -0.2) is 37.6 Å². The van der Waals surface area contributed by atoms with Gasteiger partial charge in [0.25, 0.3) is 0 Å². The van der Waals surface area contributed by atoms with Gasteiger partial charge in [-0.05, 0) is 27.8 Å². The summed E-state index contributed by atoms with van der Waals surface area (Å²) < 4.78 is 11.2. The van der Waals surface area contributed by atoms with Crippen molar-refractivity contribution in [1.82, 2.24) is 5.32 Å². The molecule has 0 fully saturated rings. The molecule has 5 nitrogen and oxygen atoms in total. The van der Waals surface area contributed by atoms with Crippen LogP contribution in [0, 0.1) is 5.92 Å². The molecule has 2 N–H and O–H groups in total. The van der Waals surface area contributed by atoms with Gasteiger partial charge in [-0.2, -0.15) is 0 Å². The van der Waals surface area contributed by atoms with Crippen molar-refractivity contribution in [3.8, 4) is 11.1 Å². The number of rotatable bonds is 9. The van der Waals surface area contributed by atoms with Gasteiger partial charge in [-0.3, -0.25) is 0 Å².